The molecule has 1 aromatic rings. The second-order valence-electron chi connectivity index (χ2n) is 3.60. The van der Waals surface area contributed by atoms with E-state index in [1.54, 1.807) is 0 Å². The van der Waals surface area contributed by atoms with Gasteiger partial charge in [0.25, 0.3) is 0 Å². The third kappa shape index (κ3) is 2.62. The minimum atomic E-state index is -0.175. The third-order valence-electron chi connectivity index (χ3n) is 2.50. The molecular weight excluding hydrogens is 190 g/mol. The van der Waals surface area contributed by atoms with Crippen LogP contribution in [0.3, 0.4) is 0 Å². The van der Waals surface area contributed by atoms with E-state index in [0.717, 1.165) is 19.5 Å². The highest BCUT2D eigenvalue weighted by Gasteiger charge is 2.20. The van der Waals surface area contributed by atoms with Crippen LogP contribution in [-0.4, -0.2) is 30.7 Å². The zero-order valence-electron chi connectivity index (χ0n) is 8.52. The lowest BCUT2D eigenvalue weighted by molar-refractivity contribution is -0.115. The Labute approximate surface area is 89.3 Å². The zero-order chi connectivity index (χ0) is 10.5. The summed E-state index contributed by atoms with van der Waals surface area (Å²) in [6.07, 6.45) is 0.774. The molecule has 1 heterocycles. The Bertz CT molecular complexity index is 315. The second-order valence-corrected chi connectivity index (χ2v) is 3.60. The maximum Gasteiger partial charge on any atom is 0.151 e. The lowest BCUT2D eigenvalue weighted by Gasteiger charge is -2.33. The van der Waals surface area contributed by atoms with E-state index < -0.39 is 0 Å². The van der Waals surface area contributed by atoms with Crippen LogP contribution < -0.4 is 10.6 Å². The van der Waals surface area contributed by atoms with Crippen LogP contribution in [0.25, 0.3) is 0 Å². The van der Waals surface area contributed by atoms with E-state index in [9.17, 15) is 4.79 Å². The largest absolute Gasteiger partial charge is 0.300 e. The monoisotopic (exact) mass is 205 g/mol. The van der Waals surface area contributed by atoms with Gasteiger partial charge >= 0.3 is 0 Å². The number of nitrogens with one attached hydrogen (secondary N) is 2. The van der Waals surface area contributed by atoms with Crippen LogP contribution in [0.4, 0.5) is 0 Å². The van der Waals surface area contributed by atoms with Crippen molar-refractivity contribution in [2.45, 2.75) is 12.7 Å². The summed E-state index contributed by atoms with van der Waals surface area (Å²) >= 11 is 0. The topological polar surface area (TPSA) is 44.4 Å². The van der Waals surface area contributed by atoms with Gasteiger partial charge in [-0.1, -0.05) is 30.3 Å². The van der Waals surface area contributed by atoms with Crippen molar-refractivity contribution < 1.29 is 4.79 Å². The smallest absolute Gasteiger partial charge is 0.151 e. The van der Waals surface area contributed by atoms with Gasteiger partial charge in [-0.3, -0.25) is 15.5 Å². The fourth-order valence-electron chi connectivity index (χ4n) is 1.71. The van der Waals surface area contributed by atoms with Crippen LogP contribution in [0, 0.1) is 0 Å². The Hall–Kier alpha value is -1.23. The molecule has 0 radical (unpaired) electrons. The molecule has 1 fully saturated rings. The number of carbonyl (C=O) groups excluding carboxylic acids is 1. The fraction of sp³-hybridized carbons (Fsp3) is 0.364. The number of rotatable bonds is 3. The average molecular weight is 205 g/mol. The van der Waals surface area contributed by atoms with E-state index in [1.807, 2.05) is 18.2 Å². The quantitative estimate of drug-likeness (QED) is 0.688. The van der Waals surface area contributed by atoms with Gasteiger partial charge < -0.3 is 4.79 Å². The van der Waals surface area contributed by atoms with Gasteiger partial charge in [0.15, 0.2) is 6.29 Å². The number of benzene rings is 1. The number of hydrogen-bond acceptors (Lipinski definition) is 4. The first kappa shape index (κ1) is 10.3. The van der Waals surface area contributed by atoms with Crippen molar-refractivity contribution in [3.63, 3.8) is 0 Å². The van der Waals surface area contributed by atoms with Crippen molar-refractivity contribution in [1.82, 2.24) is 15.5 Å². The van der Waals surface area contributed by atoms with Crippen molar-refractivity contribution in [2.24, 2.45) is 0 Å². The van der Waals surface area contributed by atoms with Gasteiger partial charge in [-0.15, -0.1) is 0 Å². The highest BCUT2D eigenvalue weighted by atomic mass is 16.1. The van der Waals surface area contributed by atoms with E-state index in [-0.39, 0.29) is 6.17 Å². The van der Waals surface area contributed by atoms with Crippen molar-refractivity contribution in [1.29, 1.82) is 0 Å². The molecule has 2 rings (SSSR count). The first-order valence-corrected chi connectivity index (χ1v) is 5.07. The molecule has 1 aromatic carbocycles. The number of hydrogen-bond donors (Lipinski definition) is 2. The summed E-state index contributed by atoms with van der Waals surface area (Å²) in [5, 5.41) is 6.26. The highest BCUT2D eigenvalue weighted by molar-refractivity contribution is 5.57. The molecule has 15 heavy (non-hydrogen) atoms. The first-order chi connectivity index (χ1) is 7.40. The molecule has 0 bridgehead atoms. The zero-order valence-corrected chi connectivity index (χ0v) is 8.52. The fourth-order valence-corrected chi connectivity index (χ4v) is 1.71. The Morgan fingerprint density at radius 1 is 1.40 bits per heavy atom. The van der Waals surface area contributed by atoms with Gasteiger partial charge in [0.2, 0.25) is 0 Å². The maximum absolute atomic E-state index is 10.8. The van der Waals surface area contributed by atoms with Crippen LogP contribution in [0.1, 0.15) is 5.56 Å². The molecule has 4 heteroatoms. The van der Waals surface area contributed by atoms with Crippen LogP contribution in [0.2, 0.25) is 0 Å². The summed E-state index contributed by atoms with van der Waals surface area (Å²) in [5.41, 5.74) is 1.22. The van der Waals surface area contributed by atoms with Crippen LogP contribution in [0.15, 0.2) is 30.3 Å². The van der Waals surface area contributed by atoms with Crippen molar-refractivity contribution in [2.75, 3.05) is 13.3 Å². The lowest BCUT2D eigenvalue weighted by Crippen LogP contribution is -2.58. The third-order valence-corrected chi connectivity index (χ3v) is 2.50. The summed E-state index contributed by atoms with van der Waals surface area (Å²) in [5.74, 6) is 0. The standard InChI is InChI=1S/C11H15N3O/c15-7-11-13-8-12-9-14(11)6-10-4-2-1-3-5-10/h1-5,7,11-13H,6,8-9H2. The SMILES string of the molecule is O=CC1NCNCN1Cc1ccccc1. The van der Waals surface area contributed by atoms with Gasteiger partial charge in [-0.2, -0.15) is 0 Å². The first-order valence-electron chi connectivity index (χ1n) is 5.07. The molecule has 80 valence electrons. The second kappa shape index (κ2) is 5.02. The normalized spacial score (nSPS) is 22.5. The molecule has 0 saturated carbocycles. The van der Waals surface area contributed by atoms with Gasteiger partial charge in [-0.25, -0.2) is 0 Å². The lowest BCUT2D eigenvalue weighted by atomic mass is 10.2. The Balaban J connectivity index is 2.00. The number of nitrogens with zero attached hydrogens (tertiary/aromatic N) is 1. The molecule has 4 nitrogen and oxygen atoms in total. The average Bonchev–Trinajstić information content (AvgIpc) is 2.31. The Kier molecular flexibility index (Phi) is 3.45. The minimum absolute atomic E-state index is 0.175. The molecule has 0 amide bonds. The van der Waals surface area contributed by atoms with Crippen LogP contribution in [-0.2, 0) is 11.3 Å². The molecule has 1 aliphatic rings. The summed E-state index contributed by atoms with van der Waals surface area (Å²) in [4.78, 5) is 12.9. The van der Waals surface area contributed by atoms with E-state index in [0.29, 0.717) is 6.67 Å². The minimum Gasteiger partial charge on any atom is -0.300 e. The molecule has 1 saturated heterocycles. The van der Waals surface area contributed by atoms with Gasteiger partial charge in [-0.05, 0) is 5.56 Å². The van der Waals surface area contributed by atoms with Crippen molar-refractivity contribution in [3.8, 4) is 0 Å². The predicted octanol–water partition coefficient (Wildman–Crippen LogP) is 0.121. The molecule has 2 N–H and O–H groups in total. The molecule has 0 aromatic heterocycles. The Morgan fingerprint density at radius 2 is 2.20 bits per heavy atom. The predicted molar refractivity (Wildman–Crippen MR) is 57.8 cm³/mol. The number of aldehydes is 1. The van der Waals surface area contributed by atoms with Crippen LogP contribution >= 0.6 is 0 Å². The molecule has 0 aliphatic carbocycles. The maximum atomic E-state index is 10.8. The number of carbonyl (C=O) groups is 1. The molecule has 0 spiro atoms. The van der Waals surface area contributed by atoms with E-state index in [1.165, 1.54) is 5.56 Å². The van der Waals surface area contributed by atoms with Gasteiger partial charge in [0, 0.05) is 13.2 Å². The van der Waals surface area contributed by atoms with Gasteiger partial charge in [0.1, 0.15) is 6.17 Å². The van der Waals surface area contributed by atoms with E-state index >= 15 is 0 Å². The Morgan fingerprint density at radius 3 is 2.93 bits per heavy atom. The highest BCUT2D eigenvalue weighted by Crippen LogP contribution is 2.06. The van der Waals surface area contributed by atoms with Gasteiger partial charge in [0.05, 0.1) is 6.67 Å². The van der Waals surface area contributed by atoms with E-state index in [2.05, 4.69) is 27.7 Å². The summed E-state index contributed by atoms with van der Waals surface area (Å²) in [7, 11) is 0. The van der Waals surface area contributed by atoms with Crippen molar-refractivity contribution in [3.05, 3.63) is 35.9 Å². The summed E-state index contributed by atoms with van der Waals surface area (Å²) < 4.78 is 0. The van der Waals surface area contributed by atoms with E-state index in [4.69, 9.17) is 0 Å². The summed E-state index contributed by atoms with van der Waals surface area (Å²) in [6, 6.07) is 10.1. The molecular formula is C11H15N3O. The summed E-state index contributed by atoms with van der Waals surface area (Å²) in [6.45, 7) is 2.21. The molecule has 1 unspecified atom stereocenters. The van der Waals surface area contributed by atoms with Crippen molar-refractivity contribution >= 4 is 6.29 Å². The van der Waals surface area contributed by atoms with Crippen LogP contribution in [0.5, 0.6) is 0 Å². The molecule has 1 aliphatic heterocycles. The molecule has 1 atom stereocenters.